The number of nitrogens with zero attached hydrogens (tertiary/aromatic N) is 2. The van der Waals surface area contributed by atoms with Crippen molar-refractivity contribution in [3.05, 3.63) is 23.7 Å². The summed E-state index contributed by atoms with van der Waals surface area (Å²) < 4.78 is 0. The highest BCUT2D eigenvalue weighted by Gasteiger charge is 2.51. The Kier molecular flexibility index (Phi) is 2.36. The average Bonchev–Trinajstić information content (AvgIpc) is 2.88. The van der Waals surface area contributed by atoms with Gasteiger partial charge in [-0.15, -0.1) is 11.3 Å². The molecule has 5 heteroatoms. The largest absolute Gasteiger partial charge is 0.274 e. The first-order valence-electron chi connectivity index (χ1n) is 5.64. The van der Waals surface area contributed by atoms with Crippen LogP contribution in [0.1, 0.15) is 13.3 Å². The number of carbonyl (C=O) groups is 2. The molecule has 0 aromatic carbocycles. The zero-order valence-corrected chi connectivity index (χ0v) is 10.2. The quantitative estimate of drug-likeness (QED) is 0.563. The summed E-state index contributed by atoms with van der Waals surface area (Å²) >= 11 is 1.33. The van der Waals surface area contributed by atoms with E-state index in [1.807, 2.05) is 19.1 Å². The molecule has 0 unspecified atom stereocenters. The zero-order valence-electron chi connectivity index (χ0n) is 9.37. The van der Waals surface area contributed by atoms with Crippen molar-refractivity contribution in [1.82, 2.24) is 4.98 Å². The van der Waals surface area contributed by atoms with Crippen LogP contribution in [-0.4, -0.2) is 16.8 Å². The number of amides is 2. The second kappa shape index (κ2) is 3.77. The van der Waals surface area contributed by atoms with Crippen LogP contribution in [0.5, 0.6) is 0 Å². The van der Waals surface area contributed by atoms with Gasteiger partial charge in [0.2, 0.25) is 11.8 Å². The summed E-state index contributed by atoms with van der Waals surface area (Å²) in [6.45, 7) is 1.99. The summed E-state index contributed by atoms with van der Waals surface area (Å²) in [6, 6.07) is 0. The van der Waals surface area contributed by atoms with Gasteiger partial charge in [0.05, 0.1) is 11.8 Å². The van der Waals surface area contributed by atoms with Crippen molar-refractivity contribution >= 4 is 28.3 Å². The van der Waals surface area contributed by atoms with Gasteiger partial charge in [0.15, 0.2) is 5.13 Å². The van der Waals surface area contributed by atoms with Gasteiger partial charge in [0.1, 0.15) is 0 Å². The van der Waals surface area contributed by atoms with E-state index in [-0.39, 0.29) is 29.6 Å². The fourth-order valence-electron chi connectivity index (χ4n) is 2.66. The van der Waals surface area contributed by atoms with Crippen LogP contribution in [0.2, 0.25) is 0 Å². The van der Waals surface area contributed by atoms with E-state index in [1.54, 1.807) is 11.6 Å². The fraction of sp³-hybridized carbons (Fsp3) is 0.417. The number of thiazole rings is 1. The Hall–Kier alpha value is -1.49. The highest BCUT2D eigenvalue weighted by Crippen LogP contribution is 2.40. The molecule has 0 saturated carbocycles. The van der Waals surface area contributed by atoms with Crippen LogP contribution in [-0.2, 0) is 9.59 Å². The molecule has 4 nitrogen and oxygen atoms in total. The second-order valence-electron chi connectivity index (χ2n) is 4.48. The van der Waals surface area contributed by atoms with Crippen LogP contribution in [0.25, 0.3) is 0 Å². The zero-order chi connectivity index (χ0) is 12.0. The minimum Gasteiger partial charge on any atom is -0.274 e. The van der Waals surface area contributed by atoms with Crippen LogP contribution < -0.4 is 4.90 Å². The predicted molar refractivity (Wildman–Crippen MR) is 64.5 cm³/mol. The summed E-state index contributed by atoms with van der Waals surface area (Å²) in [5, 5.41) is 2.28. The smallest absolute Gasteiger partial charge is 0.240 e. The number of hydrogen-bond acceptors (Lipinski definition) is 4. The number of imide groups is 1. The van der Waals surface area contributed by atoms with Crippen LogP contribution >= 0.6 is 11.3 Å². The van der Waals surface area contributed by atoms with Crippen molar-refractivity contribution in [2.24, 2.45) is 17.8 Å². The van der Waals surface area contributed by atoms with Gasteiger partial charge in [-0.05, 0) is 12.3 Å². The Labute approximate surface area is 103 Å². The molecule has 0 spiro atoms. The van der Waals surface area contributed by atoms with E-state index in [0.717, 1.165) is 0 Å². The van der Waals surface area contributed by atoms with E-state index in [0.29, 0.717) is 11.6 Å². The standard InChI is InChI=1S/C12H12N2O2S/c1-7-3-2-4-8-9(7)11(16)14(10(8)15)12-13-5-6-17-12/h2-3,5-9H,4H2,1H3/t7-,8-,9+/m1/s1. The molecule has 2 amide bonds. The number of hydrogen-bond donors (Lipinski definition) is 0. The van der Waals surface area contributed by atoms with Gasteiger partial charge in [0.25, 0.3) is 0 Å². The van der Waals surface area contributed by atoms with E-state index in [4.69, 9.17) is 0 Å². The maximum Gasteiger partial charge on any atom is 0.240 e. The normalized spacial score (nSPS) is 32.1. The number of rotatable bonds is 1. The molecular weight excluding hydrogens is 236 g/mol. The summed E-state index contributed by atoms with van der Waals surface area (Å²) in [5.74, 6) is -0.434. The molecule has 3 atom stereocenters. The Morgan fingerprint density at radius 1 is 1.41 bits per heavy atom. The summed E-state index contributed by atoms with van der Waals surface area (Å²) in [4.78, 5) is 29.9. The first-order chi connectivity index (χ1) is 8.20. The molecule has 1 aliphatic heterocycles. The van der Waals surface area contributed by atoms with Gasteiger partial charge in [-0.2, -0.15) is 0 Å². The molecule has 3 rings (SSSR count). The lowest BCUT2D eigenvalue weighted by molar-refractivity contribution is -0.122. The molecule has 88 valence electrons. The number of fused-ring (bicyclic) bond motifs is 1. The minimum atomic E-state index is -0.198. The van der Waals surface area contributed by atoms with Gasteiger partial charge in [0, 0.05) is 11.6 Å². The third-order valence-corrected chi connectivity index (χ3v) is 4.24. The topological polar surface area (TPSA) is 50.3 Å². The lowest BCUT2D eigenvalue weighted by atomic mass is 9.78. The summed E-state index contributed by atoms with van der Waals surface area (Å²) in [6.07, 6.45) is 6.31. The van der Waals surface area contributed by atoms with Crippen molar-refractivity contribution in [2.75, 3.05) is 4.90 Å². The molecule has 0 N–H and O–H groups in total. The van der Waals surface area contributed by atoms with Crippen molar-refractivity contribution in [2.45, 2.75) is 13.3 Å². The highest BCUT2D eigenvalue weighted by molar-refractivity contribution is 7.14. The molecule has 2 aliphatic rings. The lowest BCUT2D eigenvalue weighted by Crippen LogP contribution is -2.31. The number of allylic oxidation sites excluding steroid dienone is 2. The molecule has 2 heterocycles. The summed E-state index contributed by atoms with van der Waals surface area (Å²) in [5.41, 5.74) is 0. The monoisotopic (exact) mass is 248 g/mol. The third-order valence-electron chi connectivity index (χ3n) is 3.48. The van der Waals surface area contributed by atoms with Crippen molar-refractivity contribution < 1.29 is 9.59 Å². The van der Waals surface area contributed by atoms with Gasteiger partial charge >= 0.3 is 0 Å². The van der Waals surface area contributed by atoms with Crippen molar-refractivity contribution in [1.29, 1.82) is 0 Å². The van der Waals surface area contributed by atoms with Crippen LogP contribution in [0, 0.1) is 17.8 Å². The molecule has 0 bridgehead atoms. The van der Waals surface area contributed by atoms with Gasteiger partial charge in [-0.25, -0.2) is 9.88 Å². The Balaban J connectivity index is 2.00. The molecule has 1 fully saturated rings. The molecule has 1 aliphatic carbocycles. The van der Waals surface area contributed by atoms with E-state index >= 15 is 0 Å². The lowest BCUT2D eigenvalue weighted by Gasteiger charge is -2.22. The maximum atomic E-state index is 12.3. The minimum absolute atomic E-state index is 0.0909. The van der Waals surface area contributed by atoms with Gasteiger partial charge < -0.3 is 0 Å². The highest BCUT2D eigenvalue weighted by atomic mass is 32.1. The van der Waals surface area contributed by atoms with Crippen molar-refractivity contribution in [3.8, 4) is 0 Å². The SMILES string of the molecule is C[C@@H]1C=CC[C@H]2C(=O)N(c3nccs3)C(=O)[C@@H]12. The van der Waals surface area contributed by atoms with Crippen molar-refractivity contribution in [3.63, 3.8) is 0 Å². The number of carbonyl (C=O) groups excluding carboxylic acids is 2. The first-order valence-corrected chi connectivity index (χ1v) is 6.52. The van der Waals surface area contributed by atoms with Crippen LogP contribution in [0.4, 0.5) is 5.13 Å². The summed E-state index contributed by atoms with van der Waals surface area (Å²) in [7, 11) is 0. The Bertz CT molecular complexity index is 495. The molecule has 0 radical (unpaired) electrons. The fourth-order valence-corrected chi connectivity index (χ4v) is 3.31. The van der Waals surface area contributed by atoms with Crippen LogP contribution in [0.15, 0.2) is 23.7 Å². The van der Waals surface area contributed by atoms with Gasteiger partial charge in [-0.1, -0.05) is 19.1 Å². The molecule has 1 saturated heterocycles. The molecule has 1 aromatic rings. The van der Waals surface area contributed by atoms with E-state index in [1.165, 1.54) is 16.2 Å². The second-order valence-corrected chi connectivity index (χ2v) is 5.35. The number of aromatic nitrogens is 1. The average molecular weight is 248 g/mol. The Morgan fingerprint density at radius 3 is 2.88 bits per heavy atom. The molecule has 17 heavy (non-hydrogen) atoms. The maximum absolute atomic E-state index is 12.3. The molecule has 1 aromatic heterocycles. The number of anilines is 1. The predicted octanol–water partition coefficient (Wildman–Crippen LogP) is 1.84. The Morgan fingerprint density at radius 2 is 2.24 bits per heavy atom. The molecular formula is C12H12N2O2S. The van der Waals surface area contributed by atoms with Crippen LogP contribution in [0.3, 0.4) is 0 Å². The van der Waals surface area contributed by atoms with E-state index in [2.05, 4.69) is 4.98 Å². The first kappa shape index (κ1) is 10.7. The third kappa shape index (κ3) is 1.45. The van der Waals surface area contributed by atoms with Gasteiger partial charge in [-0.3, -0.25) is 9.59 Å². The van der Waals surface area contributed by atoms with E-state index < -0.39 is 0 Å². The van der Waals surface area contributed by atoms with E-state index in [9.17, 15) is 9.59 Å².